The van der Waals surface area contributed by atoms with Crippen LogP contribution in [0.3, 0.4) is 0 Å². The fourth-order valence-corrected chi connectivity index (χ4v) is 1.93. The summed E-state index contributed by atoms with van der Waals surface area (Å²) < 4.78 is 31.2. The first-order chi connectivity index (χ1) is 9.15. The van der Waals surface area contributed by atoms with Crippen LogP contribution in [0.2, 0.25) is 0 Å². The van der Waals surface area contributed by atoms with Crippen LogP contribution in [-0.2, 0) is 9.53 Å². The summed E-state index contributed by atoms with van der Waals surface area (Å²) in [5.41, 5.74) is 0.114. The molecule has 6 heteroatoms. The first-order valence-corrected chi connectivity index (χ1v) is 6.21. The summed E-state index contributed by atoms with van der Waals surface area (Å²) >= 11 is 0. The number of benzene rings is 1. The number of ether oxygens (including phenoxy) is 1. The van der Waals surface area contributed by atoms with Gasteiger partial charge in [0.25, 0.3) is 0 Å². The maximum absolute atomic E-state index is 13.3. The monoisotopic (exact) mass is 270 g/mol. The van der Waals surface area contributed by atoms with E-state index in [9.17, 15) is 13.6 Å². The van der Waals surface area contributed by atoms with Crippen LogP contribution < -0.4 is 10.6 Å². The molecule has 0 aromatic heterocycles. The van der Waals surface area contributed by atoms with Crippen molar-refractivity contribution in [3.8, 4) is 0 Å². The van der Waals surface area contributed by atoms with Crippen LogP contribution in [0.1, 0.15) is 12.8 Å². The Labute approximate surface area is 110 Å². The SMILES string of the molecule is O=C(CNc1ccc(F)cc1F)NC1CCOCC1. The van der Waals surface area contributed by atoms with Gasteiger partial charge in [-0.3, -0.25) is 4.79 Å². The number of anilines is 1. The lowest BCUT2D eigenvalue weighted by molar-refractivity contribution is -0.120. The van der Waals surface area contributed by atoms with Crippen LogP contribution >= 0.6 is 0 Å². The molecule has 0 saturated carbocycles. The Hall–Kier alpha value is -1.69. The Morgan fingerprint density at radius 1 is 1.32 bits per heavy atom. The van der Waals surface area contributed by atoms with Gasteiger partial charge in [-0.15, -0.1) is 0 Å². The van der Waals surface area contributed by atoms with Crippen molar-refractivity contribution in [1.29, 1.82) is 0 Å². The van der Waals surface area contributed by atoms with Gasteiger partial charge in [-0.25, -0.2) is 8.78 Å². The van der Waals surface area contributed by atoms with Crippen molar-refractivity contribution in [3.05, 3.63) is 29.8 Å². The summed E-state index contributed by atoms with van der Waals surface area (Å²) in [4.78, 5) is 11.7. The lowest BCUT2D eigenvalue weighted by Gasteiger charge is -2.23. The lowest BCUT2D eigenvalue weighted by atomic mass is 10.1. The average molecular weight is 270 g/mol. The van der Waals surface area contributed by atoms with Gasteiger partial charge in [0.15, 0.2) is 0 Å². The summed E-state index contributed by atoms with van der Waals surface area (Å²) in [5, 5.41) is 5.49. The molecule has 1 aromatic carbocycles. The van der Waals surface area contributed by atoms with Crippen molar-refractivity contribution in [3.63, 3.8) is 0 Å². The molecule has 0 atom stereocenters. The van der Waals surface area contributed by atoms with E-state index in [1.807, 2.05) is 0 Å². The van der Waals surface area contributed by atoms with Gasteiger partial charge in [0.2, 0.25) is 5.91 Å². The summed E-state index contributed by atoms with van der Waals surface area (Å²) in [6, 6.07) is 3.30. The molecule has 104 valence electrons. The number of halogens is 2. The number of hydrogen-bond donors (Lipinski definition) is 2. The largest absolute Gasteiger partial charge is 0.381 e. The number of carbonyl (C=O) groups excluding carboxylic acids is 1. The van der Waals surface area contributed by atoms with Gasteiger partial charge in [-0.2, -0.15) is 0 Å². The molecule has 2 N–H and O–H groups in total. The molecule has 1 saturated heterocycles. The predicted octanol–water partition coefficient (Wildman–Crippen LogP) is 1.67. The van der Waals surface area contributed by atoms with E-state index in [0.29, 0.717) is 13.2 Å². The van der Waals surface area contributed by atoms with Gasteiger partial charge in [-0.05, 0) is 25.0 Å². The van der Waals surface area contributed by atoms with Crippen molar-refractivity contribution >= 4 is 11.6 Å². The number of hydrogen-bond acceptors (Lipinski definition) is 3. The molecule has 1 amide bonds. The summed E-state index contributed by atoms with van der Waals surface area (Å²) in [6.45, 7) is 1.25. The molecule has 2 rings (SSSR count). The molecule has 1 fully saturated rings. The molecule has 0 radical (unpaired) electrons. The van der Waals surface area contributed by atoms with E-state index < -0.39 is 11.6 Å². The average Bonchev–Trinajstić information content (AvgIpc) is 2.39. The molecule has 1 aromatic rings. The van der Waals surface area contributed by atoms with Crippen molar-refractivity contribution in [1.82, 2.24) is 5.32 Å². The molecule has 0 aliphatic carbocycles. The van der Waals surface area contributed by atoms with Crippen molar-refractivity contribution in [2.24, 2.45) is 0 Å². The highest BCUT2D eigenvalue weighted by atomic mass is 19.1. The van der Waals surface area contributed by atoms with Crippen LogP contribution in [-0.4, -0.2) is 31.7 Å². The van der Waals surface area contributed by atoms with Crippen LogP contribution in [0.25, 0.3) is 0 Å². The minimum absolute atomic E-state index is 0.0418. The Kier molecular flexibility index (Phi) is 4.68. The topological polar surface area (TPSA) is 50.4 Å². The fraction of sp³-hybridized carbons (Fsp3) is 0.462. The number of rotatable bonds is 4. The zero-order valence-corrected chi connectivity index (χ0v) is 10.4. The van der Waals surface area contributed by atoms with Gasteiger partial charge in [0.05, 0.1) is 12.2 Å². The summed E-state index contributed by atoms with van der Waals surface area (Å²) in [6.07, 6.45) is 1.58. The maximum Gasteiger partial charge on any atom is 0.239 e. The Morgan fingerprint density at radius 3 is 2.74 bits per heavy atom. The highest BCUT2D eigenvalue weighted by molar-refractivity contribution is 5.81. The van der Waals surface area contributed by atoms with Gasteiger partial charge in [0, 0.05) is 25.3 Å². The molecule has 0 bridgehead atoms. The lowest BCUT2D eigenvalue weighted by Crippen LogP contribution is -2.41. The highest BCUT2D eigenvalue weighted by Crippen LogP contribution is 2.14. The molecule has 1 heterocycles. The number of carbonyl (C=O) groups is 1. The zero-order valence-electron chi connectivity index (χ0n) is 10.4. The van der Waals surface area contributed by atoms with Crippen LogP contribution in [0.15, 0.2) is 18.2 Å². The van der Waals surface area contributed by atoms with E-state index in [4.69, 9.17) is 4.74 Å². The van der Waals surface area contributed by atoms with Crippen LogP contribution in [0.4, 0.5) is 14.5 Å². The third-order valence-corrected chi connectivity index (χ3v) is 2.96. The maximum atomic E-state index is 13.3. The van der Waals surface area contributed by atoms with Gasteiger partial charge in [-0.1, -0.05) is 0 Å². The van der Waals surface area contributed by atoms with Crippen molar-refractivity contribution in [2.75, 3.05) is 25.1 Å². The third-order valence-electron chi connectivity index (χ3n) is 2.96. The molecule has 4 nitrogen and oxygen atoms in total. The second kappa shape index (κ2) is 6.47. The fourth-order valence-electron chi connectivity index (χ4n) is 1.93. The predicted molar refractivity (Wildman–Crippen MR) is 66.8 cm³/mol. The Bertz CT molecular complexity index is 448. The Morgan fingerprint density at radius 2 is 2.05 bits per heavy atom. The van der Waals surface area contributed by atoms with Crippen molar-refractivity contribution in [2.45, 2.75) is 18.9 Å². The molecule has 1 aliphatic rings. The minimum atomic E-state index is -0.709. The summed E-state index contributed by atoms with van der Waals surface area (Å²) in [7, 11) is 0. The first kappa shape index (κ1) is 13.7. The zero-order chi connectivity index (χ0) is 13.7. The molecule has 0 unspecified atom stereocenters. The van der Waals surface area contributed by atoms with E-state index in [1.54, 1.807) is 0 Å². The molecular weight excluding hydrogens is 254 g/mol. The van der Waals surface area contributed by atoms with E-state index in [0.717, 1.165) is 25.0 Å². The highest BCUT2D eigenvalue weighted by Gasteiger charge is 2.16. The number of nitrogens with one attached hydrogen (secondary N) is 2. The van der Waals surface area contributed by atoms with Gasteiger partial charge >= 0.3 is 0 Å². The standard InChI is InChI=1S/C13H16F2N2O2/c14-9-1-2-12(11(15)7-9)16-8-13(18)17-10-3-5-19-6-4-10/h1-2,7,10,16H,3-6,8H2,(H,17,18). The van der Waals surface area contributed by atoms with Gasteiger partial charge < -0.3 is 15.4 Å². The van der Waals surface area contributed by atoms with E-state index >= 15 is 0 Å². The van der Waals surface area contributed by atoms with Crippen LogP contribution in [0.5, 0.6) is 0 Å². The van der Waals surface area contributed by atoms with Crippen LogP contribution in [0, 0.1) is 11.6 Å². The normalized spacial score (nSPS) is 16.1. The van der Waals surface area contributed by atoms with E-state index in [2.05, 4.69) is 10.6 Å². The summed E-state index contributed by atoms with van der Waals surface area (Å²) in [5.74, 6) is -1.57. The first-order valence-electron chi connectivity index (χ1n) is 6.21. The molecule has 1 aliphatic heterocycles. The van der Waals surface area contributed by atoms with E-state index in [-0.39, 0.29) is 24.2 Å². The third kappa shape index (κ3) is 4.17. The smallest absolute Gasteiger partial charge is 0.239 e. The second-order valence-electron chi connectivity index (χ2n) is 4.43. The number of amides is 1. The molecule has 0 spiro atoms. The quantitative estimate of drug-likeness (QED) is 0.875. The molecule has 19 heavy (non-hydrogen) atoms. The Balaban J connectivity index is 1.79. The van der Waals surface area contributed by atoms with E-state index in [1.165, 1.54) is 6.07 Å². The second-order valence-corrected chi connectivity index (χ2v) is 4.43. The van der Waals surface area contributed by atoms with Gasteiger partial charge in [0.1, 0.15) is 11.6 Å². The minimum Gasteiger partial charge on any atom is -0.381 e. The molecular formula is C13H16F2N2O2. The van der Waals surface area contributed by atoms with Crippen molar-refractivity contribution < 1.29 is 18.3 Å².